The Kier molecular flexibility index (Phi) is 7.11. The molecule has 2 fully saturated rings. The van der Waals surface area contributed by atoms with Crippen LogP contribution >= 0.6 is 23.2 Å². The lowest BCUT2D eigenvalue weighted by Gasteiger charge is -2.34. The zero-order valence-corrected chi connectivity index (χ0v) is 22.8. The summed E-state index contributed by atoms with van der Waals surface area (Å²) in [5, 5.41) is 15.8. The number of imidazole rings is 1. The number of hydrogen-bond donors (Lipinski definition) is 3. The molecule has 1 amide bonds. The summed E-state index contributed by atoms with van der Waals surface area (Å²) in [5.74, 6) is 0.355. The number of aromatic nitrogens is 4. The summed E-state index contributed by atoms with van der Waals surface area (Å²) in [6, 6.07) is 4.99. The molecule has 0 unspecified atom stereocenters. The van der Waals surface area contributed by atoms with Crippen LogP contribution in [-0.2, 0) is 14.6 Å². The van der Waals surface area contributed by atoms with Gasteiger partial charge in [-0.15, -0.1) is 0 Å². The molecule has 2 saturated carbocycles. The fraction of sp³-hybridized carbons (Fsp3) is 0.458. The number of amides is 1. The van der Waals surface area contributed by atoms with Crippen LogP contribution in [0.2, 0.25) is 10.0 Å². The van der Waals surface area contributed by atoms with Crippen LogP contribution in [0.4, 0.5) is 17.6 Å². The lowest BCUT2D eigenvalue weighted by atomic mass is 9.85. The lowest BCUT2D eigenvalue weighted by molar-refractivity contribution is -0.122. The molecule has 5 rings (SSSR count). The van der Waals surface area contributed by atoms with Crippen molar-refractivity contribution >= 4 is 67.7 Å². The summed E-state index contributed by atoms with van der Waals surface area (Å²) in [5.41, 5.74) is 7.40. The van der Waals surface area contributed by atoms with Gasteiger partial charge in [-0.25, -0.2) is 18.4 Å². The van der Waals surface area contributed by atoms with Crippen LogP contribution in [0.3, 0.4) is 0 Å². The van der Waals surface area contributed by atoms with Crippen molar-refractivity contribution in [2.45, 2.75) is 55.9 Å². The fourth-order valence-corrected chi connectivity index (χ4v) is 6.84. The Morgan fingerprint density at radius 2 is 1.82 bits per heavy atom. The topological polar surface area (TPSA) is 169 Å². The predicted molar refractivity (Wildman–Crippen MR) is 145 cm³/mol. The highest BCUT2D eigenvalue weighted by molar-refractivity contribution is 7.91. The molecule has 2 aliphatic carbocycles. The second-order valence-corrected chi connectivity index (χ2v) is 13.1. The van der Waals surface area contributed by atoms with Gasteiger partial charge in [-0.3, -0.25) is 9.36 Å². The third-order valence-electron chi connectivity index (χ3n) is 7.34. The number of fused-ring (bicyclic) bond motifs is 1. The Morgan fingerprint density at radius 3 is 2.39 bits per heavy atom. The molecule has 0 spiro atoms. The smallest absolute Gasteiger partial charge is 0.224 e. The van der Waals surface area contributed by atoms with Crippen molar-refractivity contribution in [1.29, 1.82) is 5.26 Å². The molecule has 1 aromatic carbocycles. The summed E-state index contributed by atoms with van der Waals surface area (Å²) in [7, 11) is -3.07. The number of rotatable bonds is 7. The van der Waals surface area contributed by atoms with Gasteiger partial charge in [0, 0.05) is 24.3 Å². The van der Waals surface area contributed by atoms with E-state index in [9.17, 15) is 18.5 Å². The Balaban J connectivity index is 1.49. The number of carbonyl (C=O) groups excluding carboxylic acids is 1. The normalized spacial score (nSPS) is 23.4. The molecule has 14 heteroatoms. The number of benzene rings is 1. The average molecular weight is 577 g/mol. The van der Waals surface area contributed by atoms with Crippen molar-refractivity contribution in [2.24, 2.45) is 11.7 Å². The Morgan fingerprint density at radius 1 is 1.16 bits per heavy atom. The average Bonchev–Trinajstić information content (AvgIpc) is 3.19. The molecule has 0 atom stereocenters. The number of nitrogens with zero attached hydrogens (tertiary/aromatic N) is 5. The number of nitrogens with two attached hydrogens (primary N) is 1. The molecule has 0 aliphatic heterocycles. The molecule has 11 nitrogen and oxygen atoms in total. The van der Waals surface area contributed by atoms with Gasteiger partial charge in [0.05, 0.1) is 38.8 Å². The van der Waals surface area contributed by atoms with E-state index in [-0.39, 0.29) is 39.2 Å². The summed E-state index contributed by atoms with van der Waals surface area (Å²) >= 11 is 12.9. The SMILES string of the molecule is CS(=O)(=O)C1CC(Nc2ncc3nc(Nc4c(Cl)cc(C#N)cc4Cl)n(C4CCC(C(N)=O)CC4)c3n2)C1. The van der Waals surface area contributed by atoms with Crippen molar-refractivity contribution in [3.8, 4) is 6.07 Å². The van der Waals surface area contributed by atoms with E-state index in [1.165, 1.54) is 18.4 Å². The Labute approximate surface area is 229 Å². The fourth-order valence-electron chi connectivity index (χ4n) is 5.10. The molecular formula is C24H26Cl2N8O3S. The van der Waals surface area contributed by atoms with Crippen LogP contribution < -0.4 is 16.4 Å². The minimum Gasteiger partial charge on any atom is -0.369 e. The summed E-state index contributed by atoms with van der Waals surface area (Å²) in [4.78, 5) is 25.6. The summed E-state index contributed by atoms with van der Waals surface area (Å²) in [6.45, 7) is 0. The third-order valence-corrected chi connectivity index (χ3v) is 9.53. The first-order valence-corrected chi connectivity index (χ1v) is 14.9. The minimum absolute atomic E-state index is 0.0323. The maximum Gasteiger partial charge on any atom is 0.224 e. The quantitative estimate of drug-likeness (QED) is 0.376. The number of carbonyl (C=O) groups is 1. The van der Waals surface area contributed by atoms with E-state index in [2.05, 4.69) is 15.6 Å². The number of nitrogens with one attached hydrogen (secondary N) is 2. The van der Waals surface area contributed by atoms with E-state index in [1.807, 2.05) is 10.6 Å². The maximum atomic E-state index is 11.8. The van der Waals surface area contributed by atoms with Gasteiger partial charge in [0.25, 0.3) is 0 Å². The molecule has 2 aliphatic rings. The number of nitriles is 1. The zero-order valence-electron chi connectivity index (χ0n) is 20.5. The summed E-state index contributed by atoms with van der Waals surface area (Å²) < 4.78 is 25.5. The van der Waals surface area contributed by atoms with Gasteiger partial charge in [-0.2, -0.15) is 10.2 Å². The number of primary amides is 1. The first-order valence-electron chi connectivity index (χ1n) is 12.2. The molecule has 0 bridgehead atoms. The van der Waals surface area contributed by atoms with Crippen molar-refractivity contribution in [2.75, 3.05) is 16.9 Å². The lowest BCUT2D eigenvalue weighted by Crippen LogP contribution is -2.43. The van der Waals surface area contributed by atoms with Crippen molar-refractivity contribution < 1.29 is 13.2 Å². The number of hydrogen-bond acceptors (Lipinski definition) is 9. The maximum absolute atomic E-state index is 11.8. The highest BCUT2D eigenvalue weighted by Crippen LogP contribution is 2.39. The van der Waals surface area contributed by atoms with Gasteiger partial charge in [0.15, 0.2) is 5.65 Å². The molecule has 2 aromatic heterocycles. The van der Waals surface area contributed by atoms with Crippen LogP contribution in [0.1, 0.15) is 50.1 Å². The van der Waals surface area contributed by atoms with E-state index in [1.54, 1.807) is 6.20 Å². The van der Waals surface area contributed by atoms with Crippen LogP contribution in [-0.4, -0.2) is 51.4 Å². The van der Waals surface area contributed by atoms with Crippen LogP contribution in [0.5, 0.6) is 0 Å². The Bertz CT molecular complexity index is 1530. The van der Waals surface area contributed by atoms with E-state index in [0.29, 0.717) is 72.8 Å². The van der Waals surface area contributed by atoms with Gasteiger partial charge < -0.3 is 16.4 Å². The van der Waals surface area contributed by atoms with Crippen molar-refractivity contribution in [1.82, 2.24) is 19.5 Å². The molecule has 4 N–H and O–H groups in total. The standard InChI is InChI=1S/C24H26Cl2N8O3S/c1-38(36,37)16-8-14(9-16)30-23-29-11-19-22(33-23)34(15-4-2-13(3-5-15)21(28)35)24(31-19)32-20-17(25)6-12(10-27)7-18(20)26/h6-7,11,13-16H,2-5,8-9H2,1H3,(H2,28,35)(H,31,32)(H,29,30,33). The largest absolute Gasteiger partial charge is 0.369 e. The van der Waals surface area contributed by atoms with Gasteiger partial charge in [0.1, 0.15) is 15.4 Å². The molecule has 0 saturated heterocycles. The minimum atomic E-state index is -3.07. The predicted octanol–water partition coefficient (Wildman–Crippen LogP) is 3.95. The van der Waals surface area contributed by atoms with E-state index in [4.69, 9.17) is 38.9 Å². The van der Waals surface area contributed by atoms with E-state index in [0.717, 1.165) is 0 Å². The Hall–Kier alpha value is -3.14. The van der Waals surface area contributed by atoms with Crippen LogP contribution in [0.15, 0.2) is 18.3 Å². The van der Waals surface area contributed by atoms with Crippen molar-refractivity contribution in [3.63, 3.8) is 0 Å². The number of sulfone groups is 1. The first-order chi connectivity index (χ1) is 18.0. The van der Waals surface area contributed by atoms with Gasteiger partial charge in [0.2, 0.25) is 17.8 Å². The van der Waals surface area contributed by atoms with Gasteiger partial charge in [-0.05, 0) is 50.7 Å². The first kappa shape index (κ1) is 26.5. The molecule has 38 heavy (non-hydrogen) atoms. The molecule has 3 aromatic rings. The van der Waals surface area contributed by atoms with Crippen LogP contribution in [0, 0.1) is 17.2 Å². The second kappa shape index (κ2) is 10.2. The van der Waals surface area contributed by atoms with E-state index >= 15 is 0 Å². The highest BCUT2D eigenvalue weighted by atomic mass is 35.5. The molecular weight excluding hydrogens is 551 g/mol. The highest BCUT2D eigenvalue weighted by Gasteiger charge is 2.37. The zero-order chi connectivity index (χ0) is 27.2. The van der Waals surface area contributed by atoms with E-state index < -0.39 is 9.84 Å². The van der Waals surface area contributed by atoms with Crippen molar-refractivity contribution in [3.05, 3.63) is 33.9 Å². The molecule has 200 valence electrons. The number of halogens is 2. The summed E-state index contributed by atoms with van der Waals surface area (Å²) in [6.07, 6.45) is 6.52. The number of anilines is 3. The van der Waals surface area contributed by atoms with Gasteiger partial charge in [-0.1, -0.05) is 23.2 Å². The monoisotopic (exact) mass is 576 g/mol. The molecule has 0 radical (unpaired) electrons. The molecule has 2 heterocycles. The third kappa shape index (κ3) is 5.23. The second-order valence-electron chi connectivity index (χ2n) is 9.93. The van der Waals surface area contributed by atoms with Gasteiger partial charge >= 0.3 is 0 Å². The van der Waals surface area contributed by atoms with Crippen LogP contribution in [0.25, 0.3) is 11.2 Å².